The SMILES string of the molecule is CCCN1CCC=C([Si](C)(C)C)C1. The van der Waals surface area contributed by atoms with Gasteiger partial charge < -0.3 is 0 Å². The fraction of sp³-hybridized carbons (Fsp3) is 0.818. The first kappa shape index (κ1) is 11.0. The molecule has 0 aromatic heterocycles. The van der Waals surface area contributed by atoms with Gasteiger partial charge in [-0.2, -0.15) is 0 Å². The van der Waals surface area contributed by atoms with Crippen molar-refractivity contribution in [2.45, 2.75) is 39.4 Å². The van der Waals surface area contributed by atoms with E-state index in [2.05, 4.69) is 37.5 Å². The van der Waals surface area contributed by atoms with Crippen LogP contribution >= 0.6 is 0 Å². The van der Waals surface area contributed by atoms with E-state index in [0.29, 0.717) is 0 Å². The molecule has 1 heterocycles. The van der Waals surface area contributed by atoms with Crippen molar-refractivity contribution in [3.63, 3.8) is 0 Å². The molecule has 1 aliphatic heterocycles. The summed E-state index contributed by atoms with van der Waals surface area (Å²) in [7, 11) is -1.01. The second-order valence-corrected chi connectivity index (χ2v) is 10.2. The maximum absolute atomic E-state index is 2.60. The van der Waals surface area contributed by atoms with Crippen LogP contribution in [-0.2, 0) is 0 Å². The minimum Gasteiger partial charge on any atom is -0.299 e. The van der Waals surface area contributed by atoms with Crippen LogP contribution in [0.2, 0.25) is 19.6 Å². The topological polar surface area (TPSA) is 3.24 Å². The molecule has 1 rings (SSSR count). The molecule has 76 valence electrons. The zero-order chi connectivity index (χ0) is 9.90. The summed E-state index contributed by atoms with van der Waals surface area (Å²) in [4.78, 5) is 2.60. The molecule has 0 bridgehead atoms. The first-order valence-corrected chi connectivity index (χ1v) is 8.96. The molecule has 0 atom stereocenters. The third-order valence-corrected chi connectivity index (χ3v) is 5.02. The summed E-state index contributed by atoms with van der Waals surface area (Å²) < 4.78 is 0. The third-order valence-electron chi connectivity index (χ3n) is 2.73. The second kappa shape index (κ2) is 4.42. The maximum Gasteiger partial charge on any atom is 0.0737 e. The fourth-order valence-corrected chi connectivity index (χ4v) is 3.31. The largest absolute Gasteiger partial charge is 0.299 e. The Morgan fingerprint density at radius 1 is 1.38 bits per heavy atom. The van der Waals surface area contributed by atoms with Gasteiger partial charge in [0.1, 0.15) is 0 Å². The van der Waals surface area contributed by atoms with Crippen molar-refractivity contribution < 1.29 is 0 Å². The van der Waals surface area contributed by atoms with E-state index in [-0.39, 0.29) is 0 Å². The Hall–Kier alpha value is -0.0831. The van der Waals surface area contributed by atoms with Crippen LogP contribution < -0.4 is 0 Å². The molecule has 0 fully saturated rings. The van der Waals surface area contributed by atoms with Crippen molar-refractivity contribution in [2.24, 2.45) is 0 Å². The first-order valence-electron chi connectivity index (χ1n) is 5.46. The van der Waals surface area contributed by atoms with Crippen LogP contribution in [-0.4, -0.2) is 32.6 Å². The van der Waals surface area contributed by atoms with Gasteiger partial charge in [-0.15, -0.1) is 0 Å². The van der Waals surface area contributed by atoms with Crippen LogP contribution in [0.5, 0.6) is 0 Å². The van der Waals surface area contributed by atoms with Gasteiger partial charge in [0.25, 0.3) is 0 Å². The second-order valence-electron chi connectivity index (χ2n) is 5.04. The van der Waals surface area contributed by atoms with Gasteiger partial charge in [-0.3, -0.25) is 4.90 Å². The molecule has 1 nitrogen and oxygen atoms in total. The molecule has 0 saturated carbocycles. The number of hydrogen-bond acceptors (Lipinski definition) is 1. The minimum absolute atomic E-state index is 1.01. The maximum atomic E-state index is 2.60. The van der Waals surface area contributed by atoms with Gasteiger partial charge in [0, 0.05) is 13.1 Å². The molecule has 1 aliphatic rings. The standard InChI is InChI=1S/C11H23NSi/c1-5-8-12-9-6-7-11(10-12)13(2,3)4/h7H,5-6,8-10H2,1-4H3. The van der Waals surface area contributed by atoms with Crippen molar-refractivity contribution in [2.75, 3.05) is 19.6 Å². The molecule has 0 amide bonds. The lowest BCUT2D eigenvalue weighted by molar-refractivity contribution is 0.295. The Labute approximate surface area is 83.8 Å². The molecule has 0 spiro atoms. The average Bonchev–Trinajstić information content (AvgIpc) is 2.04. The van der Waals surface area contributed by atoms with Gasteiger partial charge >= 0.3 is 0 Å². The van der Waals surface area contributed by atoms with Crippen LogP contribution in [0.3, 0.4) is 0 Å². The summed E-state index contributed by atoms with van der Waals surface area (Å²) in [5.74, 6) is 0. The smallest absolute Gasteiger partial charge is 0.0737 e. The monoisotopic (exact) mass is 197 g/mol. The van der Waals surface area contributed by atoms with E-state index in [1.54, 1.807) is 5.20 Å². The molecule has 0 aromatic rings. The summed E-state index contributed by atoms with van der Waals surface area (Å²) in [6.07, 6.45) is 5.07. The van der Waals surface area contributed by atoms with Crippen LogP contribution in [0.25, 0.3) is 0 Å². The zero-order valence-electron chi connectivity index (χ0n) is 9.56. The van der Waals surface area contributed by atoms with Crippen molar-refractivity contribution in [3.05, 3.63) is 11.3 Å². The van der Waals surface area contributed by atoms with Crippen molar-refractivity contribution in [1.82, 2.24) is 4.90 Å². The molecule has 13 heavy (non-hydrogen) atoms. The Balaban J connectivity index is 2.54. The van der Waals surface area contributed by atoms with E-state index < -0.39 is 8.07 Å². The number of rotatable bonds is 3. The summed E-state index contributed by atoms with van der Waals surface area (Å²) in [6, 6.07) is 0. The van der Waals surface area contributed by atoms with Crippen LogP contribution in [0.15, 0.2) is 11.3 Å². The third kappa shape index (κ3) is 3.28. The Morgan fingerprint density at radius 2 is 2.08 bits per heavy atom. The van der Waals surface area contributed by atoms with Gasteiger partial charge in [0.05, 0.1) is 8.07 Å². The molecular formula is C11H23NSi. The molecule has 0 saturated heterocycles. The fourth-order valence-electron chi connectivity index (χ4n) is 1.86. The van der Waals surface area contributed by atoms with Crippen LogP contribution in [0.1, 0.15) is 19.8 Å². The molecule has 0 aromatic carbocycles. The van der Waals surface area contributed by atoms with E-state index in [1.807, 2.05) is 0 Å². The highest BCUT2D eigenvalue weighted by atomic mass is 28.3. The Morgan fingerprint density at radius 3 is 2.62 bits per heavy atom. The number of nitrogens with zero attached hydrogens (tertiary/aromatic N) is 1. The van der Waals surface area contributed by atoms with Gasteiger partial charge in [0.15, 0.2) is 0 Å². The predicted molar refractivity (Wildman–Crippen MR) is 62.8 cm³/mol. The molecule has 0 radical (unpaired) electrons. The van der Waals surface area contributed by atoms with E-state index >= 15 is 0 Å². The predicted octanol–water partition coefficient (Wildman–Crippen LogP) is 2.91. The van der Waals surface area contributed by atoms with Gasteiger partial charge in [-0.25, -0.2) is 0 Å². The highest BCUT2D eigenvalue weighted by Gasteiger charge is 2.23. The average molecular weight is 197 g/mol. The lowest BCUT2D eigenvalue weighted by Gasteiger charge is -2.32. The Kier molecular flexibility index (Phi) is 3.74. The van der Waals surface area contributed by atoms with Crippen LogP contribution in [0, 0.1) is 0 Å². The zero-order valence-corrected chi connectivity index (χ0v) is 10.6. The van der Waals surface area contributed by atoms with E-state index in [4.69, 9.17) is 0 Å². The minimum atomic E-state index is -1.01. The highest BCUT2D eigenvalue weighted by Crippen LogP contribution is 2.20. The quantitative estimate of drug-likeness (QED) is 0.629. The molecular weight excluding hydrogens is 174 g/mol. The van der Waals surface area contributed by atoms with Crippen molar-refractivity contribution in [1.29, 1.82) is 0 Å². The van der Waals surface area contributed by atoms with E-state index in [0.717, 1.165) is 0 Å². The highest BCUT2D eigenvalue weighted by molar-refractivity contribution is 6.83. The summed E-state index contributed by atoms with van der Waals surface area (Å²) >= 11 is 0. The summed E-state index contributed by atoms with van der Waals surface area (Å²) in [5, 5.41) is 1.76. The number of hydrogen-bond donors (Lipinski definition) is 0. The first-order chi connectivity index (χ1) is 6.04. The van der Waals surface area contributed by atoms with Crippen molar-refractivity contribution >= 4 is 8.07 Å². The van der Waals surface area contributed by atoms with Gasteiger partial charge in [0.2, 0.25) is 0 Å². The molecule has 2 heteroatoms. The summed E-state index contributed by atoms with van der Waals surface area (Å²) in [5.41, 5.74) is 0. The molecule has 0 unspecified atom stereocenters. The lowest BCUT2D eigenvalue weighted by atomic mass is 10.2. The van der Waals surface area contributed by atoms with Gasteiger partial charge in [-0.1, -0.05) is 37.8 Å². The van der Waals surface area contributed by atoms with Crippen LogP contribution in [0.4, 0.5) is 0 Å². The normalized spacial score (nSPS) is 20.2. The lowest BCUT2D eigenvalue weighted by Crippen LogP contribution is -2.38. The molecule has 0 N–H and O–H groups in total. The Bertz CT molecular complexity index is 191. The molecule has 0 aliphatic carbocycles. The van der Waals surface area contributed by atoms with Gasteiger partial charge in [-0.05, 0) is 19.4 Å². The van der Waals surface area contributed by atoms with E-state index in [1.165, 1.54) is 32.5 Å². The summed E-state index contributed by atoms with van der Waals surface area (Å²) in [6.45, 7) is 13.4. The van der Waals surface area contributed by atoms with Crippen molar-refractivity contribution in [3.8, 4) is 0 Å². The van der Waals surface area contributed by atoms with E-state index in [9.17, 15) is 0 Å².